The maximum Gasteiger partial charge on any atom is 0.0349 e. The molecule has 0 atom stereocenters. The third-order valence-electron chi connectivity index (χ3n) is 3.00. The van der Waals surface area contributed by atoms with E-state index < -0.39 is 0 Å². The second-order valence-corrected chi connectivity index (χ2v) is 6.69. The molecular weight excluding hydrogens is 238 g/mol. The molecule has 2 heteroatoms. The Morgan fingerprint density at radius 3 is 2.39 bits per heavy atom. The van der Waals surface area contributed by atoms with Crippen LogP contribution in [0.1, 0.15) is 31.2 Å². The lowest BCUT2D eigenvalue weighted by molar-refractivity contribution is 0.604. The van der Waals surface area contributed by atoms with Crippen LogP contribution < -0.4 is 5.32 Å². The van der Waals surface area contributed by atoms with E-state index >= 15 is 0 Å². The Hall–Kier alpha value is -1.12. The molecule has 1 aromatic carbocycles. The third kappa shape index (κ3) is 2.82. The van der Waals surface area contributed by atoms with Crippen molar-refractivity contribution in [3.8, 4) is 10.4 Å². The summed E-state index contributed by atoms with van der Waals surface area (Å²) in [5.41, 5.74) is 2.95. The molecule has 1 nitrogen and oxygen atoms in total. The van der Waals surface area contributed by atoms with Gasteiger partial charge in [-0.2, -0.15) is 0 Å². The molecule has 0 bridgehead atoms. The molecule has 0 fully saturated rings. The standard InChI is InChI=1S/C16H21NS/c1-16(2,3)15-10-9-14(18-15)13-8-6-5-7-12(13)11-17-4/h5-10,17H,11H2,1-4H3. The van der Waals surface area contributed by atoms with Crippen LogP contribution in [0.25, 0.3) is 10.4 Å². The van der Waals surface area contributed by atoms with Crippen molar-refractivity contribution in [1.82, 2.24) is 5.32 Å². The molecular formula is C16H21NS. The smallest absolute Gasteiger partial charge is 0.0349 e. The third-order valence-corrected chi connectivity index (χ3v) is 4.54. The van der Waals surface area contributed by atoms with Crippen molar-refractivity contribution in [3.63, 3.8) is 0 Å². The summed E-state index contributed by atoms with van der Waals surface area (Å²) in [7, 11) is 1.99. The van der Waals surface area contributed by atoms with Gasteiger partial charge >= 0.3 is 0 Å². The molecule has 96 valence electrons. The van der Waals surface area contributed by atoms with Crippen LogP contribution >= 0.6 is 11.3 Å². The van der Waals surface area contributed by atoms with E-state index in [0.717, 1.165) is 6.54 Å². The van der Waals surface area contributed by atoms with E-state index in [1.54, 1.807) is 0 Å². The molecule has 0 unspecified atom stereocenters. The quantitative estimate of drug-likeness (QED) is 0.859. The molecule has 2 rings (SSSR count). The second-order valence-electron chi connectivity index (χ2n) is 5.60. The fourth-order valence-electron chi connectivity index (χ4n) is 1.99. The van der Waals surface area contributed by atoms with Crippen LogP contribution in [0, 0.1) is 0 Å². The monoisotopic (exact) mass is 259 g/mol. The lowest BCUT2D eigenvalue weighted by atomic mass is 9.95. The predicted molar refractivity (Wildman–Crippen MR) is 81.2 cm³/mol. The molecule has 2 aromatic rings. The number of hydrogen-bond acceptors (Lipinski definition) is 2. The van der Waals surface area contributed by atoms with Gasteiger partial charge in [-0.25, -0.2) is 0 Å². The lowest BCUT2D eigenvalue weighted by Gasteiger charge is -2.15. The first kappa shape index (κ1) is 13.3. The second kappa shape index (κ2) is 5.25. The molecule has 0 radical (unpaired) electrons. The molecule has 1 aromatic heterocycles. The van der Waals surface area contributed by atoms with Gasteiger partial charge in [0.05, 0.1) is 0 Å². The Kier molecular flexibility index (Phi) is 3.88. The minimum absolute atomic E-state index is 0.237. The first-order valence-electron chi connectivity index (χ1n) is 6.35. The lowest BCUT2D eigenvalue weighted by Crippen LogP contribution is -2.07. The highest BCUT2D eigenvalue weighted by molar-refractivity contribution is 7.15. The maximum absolute atomic E-state index is 3.24. The fraction of sp³-hybridized carbons (Fsp3) is 0.375. The van der Waals surface area contributed by atoms with Crippen LogP contribution in [0.2, 0.25) is 0 Å². The summed E-state index contributed by atoms with van der Waals surface area (Å²) in [5.74, 6) is 0. The zero-order chi connectivity index (χ0) is 13.2. The normalized spacial score (nSPS) is 11.8. The van der Waals surface area contributed by atoms with Gasteiger partial charge in [0.25, 0.3) is 0 Å². The number of benzene rings is 1. The van der Waals surface area contributed by atoms with E-state index in [1.165, 1.54) is 20.9 Å². The molecule has 1 heterocycles. The Morgan fingerprint density at radius 2 is 1.78 bits per heavy atom. The van der Waals surface area contributed by atoms with Gasteiger partial charge in [-0.3, -0.25) is 0 Å². The highest BCUT2D eigenvalue weighted by Crippen LogP contribution is 2.36. The summed E-state index contributed by atoms with van der Waals surface area (Å²) in [4.78, 5) is 2.81. The van der Waals surface area contributed by atoms with E-state index in [1.807, 2.05) is 18.4 Å². The van der Waals surface area contributed by atoms with E-state index in [0.29, 0.717) is 0 Å². The molecule has 0 amide bonds. The minimum atomic E-state index is 0.237. The van der Waals surface area contributed by atoms with Gasteiger partial charge in [-0.05, 0) is 35.7 Å². The average molecular weight is 259 g/mol. The van der Waals surface area contributed by atoms with Crippen molar-refractivity contribution >= 4 is 11.3 Å². The number of rotatable bonds is 3. The number of nitrogens with one attached hydrogen (secondary N) is 1. The molecule has 0 saturated carbocycles. The van der Waals surface area contributed by atoms with Crippen molar-refractivity contribution in [2.45, 2.75) is 32.7 Å². The number of hydrogen-bond donors (Lipinski definition) is 1. The van der Waals surface area contributed by atoms with Gasteiger partial charge < -0.3 is 5.32 Å². The van der Waals surface area contributed by atoms with Crippen molar-refractivity contribution in [2.24, 2.45) is 0 Å². The van der Waals surface area contributed by atoms with Gasteiger partial charge in [0.2, 0.25) is 0 Å². The van der Waals surface area contributed by atoms with Gasteiger partial charge in [-0.15, -0.1) is 11.3 Å². The zero-order valence-corrected chi connectivity index (χ0v) is 12.4. The van der Waals surface area contributed by atoms with Gasteiger partial charge in [0, 0.05) is 16.3 Å². The van der Waals surface area contributed by atoms with Crippen LogP contribution in [0.15, 0.2) is 36.4 Å². The highest BCUT2D eigenvalue weighted by Gasteiger charge is 2.17. The first-order valence-corrected chi connectivity index (χ1v) is 7.17. The van der Waals surface area contributed by atoms with Crippen LogP contribution in [0.5, 0.6) is 0 Å². The molecule has 18 heavy (non-hydrogen) atoms. The molecule has 0 aliphatic carbocycles. The van der Waals surface area contributed by atoms with Gasteiger partial charge in [-0.1, -0.05) is 45.0 Å². The first-order chi connectivity index (χ1) is 8.52. The summed E-state index contributed by atoms with van der Waals surface area (Å²) >= 11 is 1.91. The largest absolute Gasteiger partial charge is 0.316 e. The predicted octanol–water partition coefficient (Wildman–Crippen LogP) is 4.43. The van der Waals surface area contributed by atoms with Crippen LogP contribution in [-0.2, 0) is 12.0 Å². The van der Waals surface area contributed by atoms with Gasteiger partial charge in [0.15, 0.2) is 0 Å². The Bertz CT molecular complexity index is 520. The fourth-order valence-corrected chi connectivity index (χ4v) is 3.12. The topological polar surface area (TPSA) is 12.0 Å². The van der Waals surface area contributed by atoms with Crippen molar-refractivity contribution in [3.05, 3.63) is 46.8 Å². The van der Waals surface area contributed by atoms with Crippen LogP contribution in [0.4, 0.5) is 0 Å². The number of thiophene rings is 1. The van der Waals surface area contributed by atoms with Crippen molar-refractivity contribution in [1.29, 1.82) is 0 Å². The summed E-state index contributed by atoms with van der Waals surface area (Å²) in [6, 6.07) is 13.1. The summed E-state index contributed by atoms with van der Waals surface area (Å²) in [6.45, 7) is 7.71. The molecule has 0 spiro atoms. The van der Waals surface area contributed by atoms with Crippen molar-refractivity contribution in [2.75, 3.05) is 7.05 Å². The van der Waals surface area contributed by atoms with Gasteiger partial charge in [0.1, 0.15) is 0 Å². The Labute approximate surface area is 114 Å². The van der Waals surface area contributed by atoms with Crippen LogP contribution in [-0.4, -0.2) is 7.05 Å². The van der Waals surface area contributed by atoms with Crippen molar-refractivity contribution < 1.29 is 0 Å². The maximum atomic E-state index is 3.24. The zero-order valence-electron chi connectivity index (χ0n) is 11.6. The Balaban J connectivity index is 2.40. The average Bonchev–Trinajstić information content (AvgIpc) is 2.79. The van der Waals surface area contributed by atoms with E-state index in [-0.39, 0.29) is 5.41 Å². The molecule has 0 aliphatic rings. The van der Waals surface area contributed by atoms with E-state index in [2.05, 4.69) is 62.5 Å². The summed E-state index contributed by atoms with van der Waals surface area (Å²) < 4.78 is 0. The summed E-state index contributed by atoms with van der Waals surface area (Å²) in [6.07, 6.45) is 0. The molecule has 1 N–H and O–H groups in total. The highest BCUT2D eigenvalue weighted by atomic mass is 32.1. The summed E-state index contributed by atoms with van der Waals surface area (Å²) in [5, 5.41) is 3.24. The van der Waals surface area contributed by atoms with Crippen LogP contribution in [0.3, 0.4) is 0 Å². The SMILES string of the molecule is CNCc1ccccc1-c1ccc(C(C)(C)C)s1. The Morgan fingerprint density at radius 1 is 1.06 bits per heavy atom. The van der Waals surface area contributed by atoms with E-state index in [4.69, 9.17) is 0 Å². The minimum Gasteiger partial charge on any atom is -0.316 e. The van der Waals surface area contributed by atoms with E-state index in [9.17, 15) is 0 Å². The molecule has 0 saturated heterocycles. The molecule has 0 aliphatic heterocycles.